The minimum Gasteiger partial charge on any atom is -0.303 e. The molecular weight excluding hydrogens is 152 g/mol. The Balaban J connectivity index is 2.03. The van der Waals surface area contributed by atoms with Gasteiger partial charge in [-0.2, -0.15) is 0 Å². The molecule has 1 aliphatic heterocycles. The highest BCUT2D eigenvalue weighted by Gasteiger charge is 2.20. The summed E-state index contributed by atoms with van der Waals surface area (Å²) in [7, 11) is 1.81. The molecule has 0 aliphatic carbocycles. The zero-order valence-electron chi connectivity index (χ0n) is 8.18. The van der Waals surface area contributed by atoms with Crippen molar-refractivity contribution >= 4 is 0 Å². The van der Waals surface area contributed by atoms with E-state index in [9.17, 15) is 0 Å². The van der Waals surface area contributed by atoms with Gasteiger partial charge in [-0.25, -0.2) is 5.48 Å². The molecule has 0 saturated carbocycles. The fourth-order valence-electron chi connectivity index (χ4n) is 1.76. The van der Waals surface area contributed by atoms with Crippen molar-refractivity contribution in [2.45, 2.75) is 19.8 Å². The summed E-state index contributed by atoms with van der Waals surface area (Å²) in [4.78, 5) is 7.60. The van der Waals surface area contributed by atoms with Gasteiger partial charge < -0.3 is 9.74 Å². The third-order valence-corrected chi connectivity index (χ3v) is 2.59. The Morgan fingerprint density at radius 2 is 2.42 bits per heavy atom. The Labute approximate surface area is 75.0 Å². The van der Waals surface area contributed by atoms with E-state index in [2.05, 4.69) is 17.3 Å². The molecule has 1 unspecified atom stereocenters. The number of likely N-dealkylation sites (tertiary alicyclic amines) is 1. The first-order valence-corrected chi connectivity index (χ1v) is 4.87. The molecule has 1 aliphatic rings. The van der Waals surface area contributed by atoms with Crippen molar-refractivity contribution in [3.8, 4) is 0 Å². The van der Waals surface area contributed by atoms with Gasteiger partial charge in [-0.1, -0.05) is 6.92 Å². The monoisotopic (exact) mass is 172 g/mol. The van der Waals surface area contributed by atoms with Crippen molar-refractivity contribution in [3.05, 3.63) is 0 Å². The lowest BCUT2D eigenvalue weighted by Crippen LogP contribution is -2.20. The van der Waals surface area contributed by atoms with Crippen molar-refractivity contribution in [3.63, 3.8) is 0 Å². The molecular formula is C9H20N2O. The van der Waals surface area contributed by atoms with Gasteiger partial charge in [-0.05, 0) is 31.8 Å². The van der Waals surface area contributed by atoms with Crippen molar-refractivity contribution in [2.24, 2.45) is 5.92 Å². The van der Waals surface area contributed by atoms with Crippen LogP contribution >= 0.6 is 0 Å². The number of hydroxylamine groups is 1. The minimum absolute atomic E-state index is 0.846. The van der Waals surface area contributed by atoms with Gasteiger partial charge in [0.05, 0.1) is 6.61 Å². The van der Waals surface area contributed by atoms with Gasteiger partial charge in [0, 0.05) is 13.6 Å². The van der Waals surface area contributed by atoms with Crippen LogP contribution in [0.25, 0.3) is 0 Å². The largest absolute Gasteiger partial charge is 0.303 e. The highest BCUT2D eigenvalue weighted by atomic mass is 16.6. The van der Waals surface area contributed by atoms with E-state index in [1.807, 2.05) is 7.05 Å². The van der Waals surface area contributed by atoms with Crippen molar-refractivity contribution in [2.75, 3.05) is 33.3 Å². The predicted molar refractivity (Wildman–Crippen MR) is 49.8 cm³/mol. The molecule has 0 amide bonds. The summed E-state index contributed by atoms with van der Waals surface area (Å²) in [6.07, 6.45) is 2.54. The average molecular weight is 172 g/mol. The van der Waals surface area contributed by atoms with Crippen LogP contribution in [0.1, 0.15) is 19.8 Å². The number of hydrogen-bond donors (Lipinski definition) is 1. The summed E-state index contributed by atoms with van der Waals surface area (Å²) in [6.45, 7) is 6.82. The topological polar surface area (TPSA) is 24.5 Å². The fourth-order valence-corrected chi connectivity index (χ4v) is 1.76. The molecule has 12 heavy (non-hydrogen) atoms. The van der Waals surface area contributed by atoms with Gasteiger partial charge in [0.15, 0.2) is 0 Å². The zero-order chi connectivity index (χ0) is 8.81. The van der Waals surface area contributed by atoms with E-state index in [0.717, 1.165) is 12.5 Å². The first-order valence-electron chi connectivity index (χ1n) is 4.87. The molecule has 72 valence electrons. The van der Waals surface area contributed by atoms with E-state index >= 15 is 0 Å². The molecule has 1 saturated heterocycles. The number of nitrogens with zero attached hydrogens (tertiary/aromatic N) is 1. The molecule has 1 rings (SSSR count). The van der Waals surface area contributed by atoms with E-state index in [1.165, 1.54) is 32.5 Å². The van der Waals surface area contributed by atoms with E-state index in [0.29, 0.717) is 0 Å². The Kier molecular flexibility index (Phi) is 4.58. The van der Waals surface area contributed by atoms with Crippen molar-refractivity contribution in [1.82, 2.24) is 10.4 Å². The van der Waals surface area contributed by atoms with Crippen molar-refractivity contribution in [1.29, 1.82) is 0 Å². The molecule has 0 bridgehead atoms. The van der Waals surface area contributed by atoms with Crippen LogP contribution in [0.3, 0.4) is 0 Å². The molecule has 0 aromatic carbocycles. The first kappa shape index (κ1) is 9.96. The fraction of sp³-hybridized carbons (Fsp3) is 1.00. The second-order valence-corrected chi connectivity index (χ2v) is 3.39. The molecule has 3 heteroatoms. The predicted octanol–water partition coefficient (Wildman–Crippen LogP) is 0.869. The maximum atomic E-state index is 5.10. The lowest BCUT2D eigenvalue weighted by Gasteiger charge is -2.12. The third-order valence-electron chi connectivity index (χ3n) is 2.59. The van der Waals surface area contributed by atoms with Crippen molar-refractivity contribution < 1.29 is 4.84 Å². The van der Waals surface area contributed by atoms with E-state index < -0.39 is 0 Å². The van der Waals surface area contributed by atoms with Gasteiger partial charge in [0.1, 0.15) is 0 Å². The summed E-state index contributed by atoms with van der Waals surface area (Å²) in [5.74, 6) is 0.860. The first-order chi connectivity index (χ1) is 5.86. The van der Waals surface area contributed by atoms with Crippen LogP contribution in [0.2, 0.25) is 0 Å². The Hall–Kier alpha value is -0.120. The van der Waals surface area contributed by atoms with Crippen LogP contribution in [0.4, 0.5) is 0 Å². The second-order valence-electron chi connectivity index (χ2n) is 3.39. The lowest BCUT2D eigenvalue weighted by atomic mass is 10.1. The number of hydrogen-bond acceptors (Lipinski definition) is 3. The highest BCUT2D eigenvalue weighted by molar-refractivity contribution is 4.74. The van der Waals surface area contributed by atoms with Gasteiger partial charge in [0.25, 0.3) is 0 Å². The van der Waals surface area contributed by atoms with E-state index in [1.54, 1.807) is 0 Å². The average Bonchev–Trinajstić information content (AvgIpc) is 2.53. The summed E-state index contributed by atoms with van der Waals surface area (Å²) in [6, 6.07) is 0. The summed E-state index contributed by atoms with van der Waals surface area (Å²) in [5, 5.41) is 0. The molecule has 1 N–H and O–H groups in total. The summed E-state index contributed by atoms with van der Waals surface area (Å²) < 4.78 is 0. The van der Waals surface area contributed by atoms with Crippen LogP contribution in [0, 0.1) is 5.92 Å². The van der Waals surface area contributed by atoms with Gasteiger partial charge in [-0.15, -0.1) is 0 Å². The van der Waals surface area contributed by atoms with Crippen LogP contribution in [-0.4, -0.2) is 38.2 Å². The van der Waals surface area contributed by atoms with Crippen LogP contribution in [0.15, 0.2) is 0 Å². The molecule has 0 spiro atoms. The van der Waals surface area contributed by atoms with Gasteiger partial charge >= 0.3 is 0 Å². The quantitative estimate of drug-likeness (QED) is 0.492. The second kappa shape index (κ2) is 5.51. The van der Waals surface area contributed by atoms with Gasteiger partial charge in [0.2, 0.25) is 0 Å². The van der Waals surface area contributed by atoms with Crippen LogP contribution in [0.5, 0.6) is 0 Å². The summed E-state index contributed by atoms with van der Waals surface area (Å²) in [5.41, 5.74) is 2.70. The molecule has 0 aromatic rings. The zero-order valence-corrected chi connectivity index (χ0v) is 8.18. The maximum absolute atomic E-state index is 5.10. The summed E-state index contributed by atoms with van der Waals surface area (Å²) >= 11 is 0. The molecule has 0 aromatic heterocycles. The maximum Gasteiger partial charge on any atom is 0.0685 e. The van der Waals surface area contributed by atoms with Crippen LogP contribution in [-0.2, 0) is 4.84 Å². The number of rotatable bonds is 5. The molecule has 3 nitrogen and oxygen atoms in total. The third kappa shape index (κ3) is 3.09. The Bertz CT molecular complexity index is 119. The lowest BCUT2D eigenvalue weighted by molar-refractivity contribution is 0.0489. The van der Waals surface area contributed by atoms with E-state index in [-0.39, 0.29) is 0 Å². The Morgan fingerprint density at radius 3 is 3.00 bits per heavy atom. The minimum atomic E-state index is 0.846. The Morgan fingerprint density at radius 1 is 1.58 bits per heavy atom. The van der Waals surface area contributed by atoms with Gasteiger partial charge in [-0.3, -0.25) is 0 Å². The molecule has 1 atom stereocenters. The van der Waals surface area contributed by atoms with E-state index in [4.69, 9.17) is 4.84 Å². The molecule has 1 fully saturated rings. The highest BCUT2D eigenvalue weighted by Crippen LogP contribution is 2.18. The molecule has 0 radical (unpaired) electrons. The number of nitrogens with one attached hydrogen (secondary N) is 1. The normalized spacial score (nSPS) is 25.0. The smallest absolute Gasteiger partial charge is 0.0685 e. The SMILES string of the molecule is CCN1CCC(CCONC)C1. The van der Waals surface area contributed by atoms with Crippen LogP contribution < -0.4 is 5.48 Å². The standard InChI is InChI=1S/C9H20N2O/c1-3-11-6-4-9(8-11)5-7-12-10-2/h9-10H,3-8H2,1-2H3. The molecule has 1 heterocycles.